The quantitative estimate of drug-likeness (QED) is 0.777. The second-order valence-electron chi connectivity index (χ2n) is 3.95. The van der Waals surface area contributed by atoms with E-state index in [1.165, 1.54) is 0 Å². The van der Waals surface area contributed by atoms with Gasteiger partial charge in [0.15, 0.2) is 0 Å². The predicted molar refractivity (Wildman–Crippen MR) is 58.9 cm³/mol. The van der Waals surface area contributed by atoms with Crippen LogP contribution in [-0.2, 0) is 4.74 Å². The van der Waals surface area contributed by atoms with Gasteiger partial charge in [0, 0.05) is 18.7 Å². The van der Waals surface area contributed by atoms with Gasteiger partial charge in [0.05, 0.1) is 6.10 Å². The molecule has 1 fully saturated rings. The predicted octanol–water partition coefficient (Wildman–Crippen LogP) is 1.83. The van der Waals surface area contributed by atoms with Gasteiger partial charge in [-0.25, -0.2) is 0 Å². The number of para-hydroxylation sites is 1. The monoisotopic (exact) mass is 207 g/mol. The van der Waals surface area contributed by atoms with Crippen LogP contribution >= 0.6 is 0 Å². The number of methoxy groups -OCH3 is 1. The first kappa shape index (κ1) is 10.5. The van der Waals surface area contributed by atoms with E-state index in [4.69, 9.17) is 4.74 Å². The van der Waals surface area contributed by atoms with Crippen LogP contribution in [0.4, 0.5) is 0 Å². The molecular formula is C12H17NO2. The molecule has 0 amide bonds. The molecule has 1 aliphatic heterocycles. The molecule has 0 aromatic heterocycles. The highest BCUT2D eigenvalue weighted by atomic mass is 16.5. The lowest BCUT2D eigenvalue weighted by Crippen LogP contribution is -2.35. The van der Waals surface area contributed by atoms with Crippen molar-refractivity contribution in [2.45, 2.75) is 25.0 Å². The van der Waals surface area contributed by atoms with Gasteiger partial charge in [-0.1, -0.05) is 18.2 Å². The number of rotatable bonds is 2. The van der Waals surface area contributed by atoms with Gasteiger partial charge < -0.3 is 15.2 Å². The van der Waals surface area contributed by atoms with Crippen LogP contribution in [0, 0.1) is 0 Å². The Morgan fingerprint density at radius 1 is 1.40 bits per heavy atom. The van der Waals surface area contributed by atoms with Crippen LogP contribution in [-0.4, -0.2) is 24.9 Å². The number of piperidine rings is 1. The smallest absolute Gasteiger partial charge is 0.120 e. The molecule has 3 heteroatoms. The van der Waals surface area contributed by atoms with Crippen molar-refractivity contribution in [3.8, 4) is 5.75 Å². The fourth-order valence-corrected chi connectivity index (χ4v) is 2.12. The van der Waals surface area contributed by atoms with Gasteiger partial charge >= 0.3 is 0 Å². The number of hydrogen-bond acceptors (Lipinski definition) is 3. The molecule has 0 bridgehead atoms. The lowest BCUT2D eigenvalue weighted by atomic mass is 9.95. The maximum atomic E-state index is 9.74. The van der Waals surface area contributed by atoms with Crippen molar-refractivity contribution >= 4 is 0 Å². The Hall–Kier alpha value is -1.06. The summed E-state index contributed by atoms with van der Waals surface area (Å²) in [7, 11) is 1.75. The van der Waals surface area contributed by atoms with E-state index < -0.39 is 0 Å². The molecule has 1 heterocycles. The maximum absolute atomic E-state index is 9.74. The fraction of sp³-hybridized carbons (Fsp3) is 0.500. The SMILES string of the molecule is COC1CCNC(c2ccccc2O)C1. The van der Waals surface area contributed by atoms with E-state index in [0.717, 1.165) is 24.9 Å². The van der Waals surface area contributed by atoms with Crippen LogP contribution < -0.4 is 5.32 Å². The zero-order valence-electron chi connectivity index (χ0n) is 8.94. The fourth-order valence-electron chi connectivity index (χ4n) is 2.12. The third kappa shape index (κ3) is 2.30. The molecule has 0 aliphatic carbocycles. The first-order chi connectivity index (χ1) is 7.31. The van der Waals surface area contributed by atoms with Crippen LogP contribution in [0.1, 0.15) is 24.4 Å². The summed E-state index contributed by atoms with van der Waals surface area (Å²) in [6.07, 6.45) is 2.27. The van der Waals surface area contributed by atoms with E-state index in [-0.39, 0.29) is 6.04 Å². The molecule has 3 nitrogen and oxygen atoms in total. The molecule has 0 radical (unpaired) electrons. The third-order valence-electron chi connectivity index (χ3n) is 3.00. The first-order valence-electron chi connectivity index (χ1n) is 5.35. The summed E-state index contributed by atoms with van der Waals surface area (Å²) >= 11 is 0. The van der Waals surface area contributed by atoms with Crippen LogP contribution in [0.5, 0.6) is 5.75 Å². The number of aromatic hydroxyl groups is 1. The zero-order valence-corrected chi connectivity index (χ0v) is 8.94. The largest absolute Gasteiger partial charge is 0.508 e. The van der Waals surface area contributed by atoms with Gasteiger partial charge in [-0.3, -0.25) is 0 Å². The molecule has 1 aromatic carbocycles. The molecule has 2 rings (SSSR count). The Kier molecular flexibility index (Phi) is 3.23. The molecule has 2 N–H and O–H groups in total. The summed E-state index contributed by atoms with van der Waals surface area (Å²) in [5.41, 5.74) is 0.972. The van der Waals surface area contributed by atoms with E-state index in [9.17, 15) is 5.11 Å². The van der Waals surface area contributed by atoms with Gasteiger partial charge in [0.2, 0.25) is 0 Å². The van der Waals surface area contributed by atoms with Gasteiger partial charge in [0.25, 0.3) is 0 Å². The molecule has 0 saturated carbocycles. The molecule has 2 atom stereocenters. The molecule has 1 aliphatic rings. The van der Waals surface area contributed by atoms with Crippen molar-refractivity contribution in [2.24, 2.45) is 0 Å². The average Bonchev–Trinajstić information content (AvgIpc) is 2.30. The number of phenolic OH excluding ortho intramolecular Hbond substituents is 1. The summed E-state index contributed by atoms with van der Waals surface area (Å²) in [4.78, 5) is 0. The topological polar surface area (TPSA) is 41.5 Å². The summed E-state index contributed by atoms with van der Waals surface area (Å²) in [5.74, 6) is 0.367. The number of ether oxygens (including phenoxy) is 1. The lowest BCUT2D eigenvalue weighted by Gasteiger charge is -2.30. The minimum Gasteiger partial charge on any atom is -0.508 e. The highest BCUT2D eigenvalue weighted by Crippen LogP contribution is 2.30. The van der Waals surface area contributed by atoms with Crippen LogP contribution in [0.25, 0.3) is 0 Å². The molecule has 15 heavy (non-hydrogen) atoms. The molecule has 0 spiro atoms. The zero-order chi connectivity index (χ0) is 10.7. The van der Waals surface area contributed by atoms with E-state index in [0.29, 0.717) is 11.9 Å². The standard InChI is InChI=1S/C12H17NO2/c1-15-9-6-7-13-11(8-9)10-4-2-3-5-12(10)14/h2-5,9,11,13-14H,6-8H2,1H3. The number of hydrogen-bond donors (Lipinski definition) is 2. The minimum absolute atomic E-state index is 0.213. The number of nitrogens with one attached hydrogen (secondary N) is 1. The van der Waals surface area contributed by atoms with Crippen LogP contribution in [0.2, 0.25) is 0 Å². The summed E-state index contributed by atoms with van der Waals surface area (Å²) in [6.45, 7) is 0.942. The third-order valence-corrected chi connectivity index (χ3v) is 3.00. The Labute approximate surface area is 90.1 Å². The molecule has 1 aromatic rings. The van der Waals surface area contributed by atoms with E-state index in [2.05, 4.69) is 5.32 Å². The van der Waals surface area contributed by atoms with E-state index in [1.54, 1.807) is 13.2 Å². The Morgan fingerprint density at radius 2 is 2.20 bits per heavy atom. The Morgan fingerprint density at radius 3 is 2.93 bits per heavy atom. The van der Waals surface area contributed by atoms with Crippen LogP contribution in [0.15, 0.2) is 24.3 Å². The first-order valence-corrected chi connectivity index (χ1v) is 5.35. The molecular weight excluding hydrogens is 190 g/mol. The van der Waals surface area contributed by atoms with Gasteiger partial charge in [-0.15, -0.1) is 0 Å². The second kappa shape index (κ2) is 4.64. The second-order valence-corrected chi connectivity index (χ2v) is 3.95. The normalized spacial score (nSPS) is 26.5. The average molecular weight is 207 g/mol. The van der Waals surface area contributed by atoms with Gasteiger partial charge in [0.1, 0.15) is 5.75 Å². The Bertz CT molecular complexity index is 327. The summed E-state index contributed by atoms with van der Waals surface area (Å²) in [5, 5.41) is 13.1. The van der Waals surface area contributed by atoms with Crippen molar-refractivity contribution in [1.29, 1.82) is 0 Å². The van der Waals surface area contributed by atoms with Crippen molar-refractivity contribution < 1.29 is 9.84 Å². The lowest BCUT2D eigenvalue weighted by molar-refractivity contribution is 0.0616. The summed E-state index contributed by atoms with van der Waals surface area (Å²) < 4.78 is 5.36. The van der Waals surface area contributed by atoms with Crippen molar-refractivity contribution in [3.63, 3.8) is 0 Å². The van der Waals surface area contributed by atoms with E-state index >= 15 is 0 Å². The highest BCUT2D eigenvalue weighted by Gasteiger charge is 2.23. The highest BCUT2D eigenvalue weighted by molar-refractivity contribution is 5.34. The number of phenols is 1. The van der Waals surface area contributed by atoms with Crippen LogP contribution in [0.3, 0.4) is 0 Å². The van der Waals surface area contributed by atoms with Gasteiger partial charge in [-0.2, -0.15) is 0 Å². The molecule has 1 saturated heterocycles. The molecule has 2 unspecified atom stereocenters. The minimum atomic E-state index is 0.213. The van der Waals surface area contributed by atoms with Crippen molar-refractivity contribution in [2.75, 3.05) is 13.7 Å². The Balaban J connectivity index is 2.13. The maximum Gasteiger partial charge on any atom is 0.120 e. The summed E-state index contributed by atoms with van der Waals surface area (Å²) in [6, 6.07) is 7.70. The number of benzene rings is 1. The molecule has 82 valence electrons. The van der Waals surface area contributed by atoms with E-state index in [1.807, 2.05) is 18.2 Å². The van der Waals surface area contributed by atoms with Crippen molar-refractivity contribution in [1.82, 2.24) is 5.32 Å². The van der Waals surface area contributed by atoms with Crippen molar-refractivity contribution in [3.05, 3.63) is 29.8 Å². The van der Waals surface area contributed by atoms with Gasteiger partial charge in [-0.05, 0) is 25.5 Å².